The first-order valence-corrected chi connectivity index (χ1v) is 10.7. The third kappa shape index (κ3) is 6.04. The van der Waals surface area contributed by atoms with Crippen molar-refractivity contribution in [2.45, 2.75) is 24.1 Å². The number of aliphatic imine (C=N–C) groups is 1. The Bertz CT molecular complexity index is 691. The molecule has 0 amide bonds. The quantitative estimate of drug-likeness (QED) is 0.341. The highest BCUT2D eigenvalue weighted by atomic mass is 127. The largest absolute Gasteiger partial charge is 0.384 e. The van der Waals surface area contributed by atoms with Gasteiger partial charge in [-0.25, -0.2) is 17.7 Å². The molecule has 0 bridgehead atoms. The third-order valence-electron chi connectivity index (χ3n) is 4.08. The zero-order chi connectivity index (χ0) is 18.4. The molecule has 1 aliphatic heterocycles. The number of hydrogen-bond acceptors (Lipinski definition) is 5. The molecule has 1 fully saturated rings. The molecule has 1 aromatic heterocycles. The molecular weight excluding hydrogens is 487 g/mol. The van der Waals surface area contributed by atoms with E-state index in [2.05, 4.69) is 10.2 Å². The van der Waals surface area contributed by atoms with Crippen molar-refractivity contribution < 1.29 is 13.2 Å². The molecule has 0 spiro atoms. The minimum atomic E-state index is -3.37. The van der Waals surface area contributed by atoms with Gasteiger partial charge in [-0.3, -0.25) is 0 Å². The van der Waals surface area contributed by atoms with Crippen LogP contribution in [0.4, 0.5) is 0 Å². The third-order valence-corrected chi connectivity index (χ3v) is 7.43. The molecular formula is C16H29IN4O3S2. The average molecular weight is 516 g/mol. The monoisotopic (exact) mass is 516 g/mol. The number of methoxy groups -OCH3 is 1. The SMILES string of the molecule is CCNC(=NCc1ccc(S(=O)(=O)N(C)C)s1)N1CCC(COC)C1.I. The molecule has 0 aliphatic carbocycles. The molecule has 1 unspecified atom stereocenters. The molecule has 1 saturated heterocycles. The summed E-state index contributed by atoms with van der Waals surface area (Å²) in [6.45, 7) is 5.99. The smallest absolute Gasteiger partial charge is 0.252 e. The van der Waals surface area contributed by atoms with E-state index in [1.54, 1.807) is 27.3 Å². The molecule has 2 rings (SSSR count). The lowest BCUT2D eigenvalue weighted by Gasteiger charge is -2.21. The van der Waals surface area contributed by atoms with Crippen molar-refractivity contribution in [2.24, 2.45) is 10.9 Å². The van der Waals surface area contributed by atoms with Gasteiger partial charge in [0.2, 0.25) is 0 Å². The van der Waals surface area contributed by atoms with Crippen LogP contribution in [0.15, 0.2) is 21.3 Å². The molecule has 150 valence electrons. The molecule has 0 aromatic carbocycles. The van der Waals surface area contributed by atoms with Crippen LogP contribution in [0, 0.1) is 5.92 Å². The standard InChI is InChI=1S/C16H28N4O3S2.HI/c1-5-17-16(20-9-8-13(11-20)12-23-4)18-10-14-6-7-15(24-14)25(21,22)19(2)3;/h6-7,13H,5,8-12H2,1-4H3,(H,17,18);1H. The van der Waals surface area contributed by atoms with Crippen LogP contribution < -0.4 is 5.32 Å². The van der Waals surface area contributed by atoms with Gasteiger partial charge < -0.3 is 15.0 Å². The van der Waals surface area contributed by atoms with Gasteiger partial charge in [0.25, 0.3) is 10.0 Å². The van der Waals surface area contributed by atoms with Crippen LogP contribution in [0.2, 0.25) is 0 Å². The van der Waals surface area contributed by atoms with Gasteiger partial charge in [-0.1, -0.05) is 0 Å². The lowest BCUT2D eigenvalue weighted by atomic mass is 10.1. The predicted molar refractivity (Wildman–Crippen MR) is 117 cm³/mol. The van der Waals surface area contributed by atoms with Gasteiger partial charge >= 0.3 is 0 Å². The Kier molecular flexibility index (Phi) is 9.80. The number of sulfonamides is 1. The fraction of sp³-hybridized carbons (Fsp3) is 0.688. The van der Waals surface area contributed by atoms with E-state index < -0.39 is 10.0 Å². The zero-order valence-corrected chi connectivity index (χ0v) is 19.7. The van der Waals surface area contributed by atoms with Crippen LogP contribution in [0.1, 0.15) is 18.2 Å². The summed E-state index contributed by atoms with van der Waals surface area (Å²) in [7, 11) is 1.45. The van der Waals surface area contributed by atoms with Crippen LogP contribution in [0.5, 0.6) is 0 Å². The predicted octanol–water partition coefficient (Wildman–Crippen LogP) is 2.05. The summed E-state index contributed by atoms with van der Waals surface area (Å²) in [4.78, 5) is 7.88. The fourth-order valence-corrected chi connectivity index (χ4v) is 5.19. The van der Waals surface area contributed by atoms with Crippen molar-refractivity contribution >= 4 is 51.3 Å². The molecule has 1 atom stereocenters. The van der Waals surface area contributed by atoms with Crippen molar-refractivity contribution in [1.29, 1.82) is 0 Å². The molecule has 10 heteroatoms. The first kappa shape index (κ1) is 23.6. The van der Waals surface area contributed by atoms with E-state index in [4.69, 9.17) is 9.73 Å². The fourth-order valence-electron chi connectivity index (χ4n) is 2.74. The summed E-state index contributed by atoms with van der Waals surface area (Å²) in [5.74, 6) is 1.42. The minimum absolute atomic E-state index is 0. The lowest BCUT2D eigenvalue weighted by molar-refractivity contribution is 0.157. The first-order chi connectivity index (χ1) is 11.9. The van der Waals surface area contributed by atoms with E-state index in [1.807, 2.05) is 13.0 Å². The Balaban J connectivity index is 0.00000338. The maximum Gasteiger partial charge on any atom is 0.252 e. The number of halogens is 1. The number of nitrogens with zero attached hydrogens (tertiary/aromatic N) is 3. The van der Waals surface area contributed by atoms with E-state index >= 15 is 0 Å². The lowest BCUT2D eigenvalue weighted by Crippen LogP contribution is -2.40. The van der Waals surface area contributed by atoms with Crippen LogP contribution >= 0.6 is 35.3 Å². The van der Waals surface area contributed by atoms with Gasteiger partial charge in [0.05, 0.1) is 13.2 Å². The number of rotatable bonds is 7. The maximum absolute atomic E-state index is 12.2. The number of ether oxygens (including phenoxy) is 1. The minimum Gasteiger partial charge on any atom is -0.384 e. The van der Waals surface area contributed by atoms with Gasteiger partial charge in [-0.15, -0.1) is 35.3 Å². The summed E-state index contributed by atoms with van der Waals surface area (Å²) in [6, 6.07) is 3.49. The molecule has 2 heterocycles. The van der Waals surface area contributed by atoms with E-state index in [9.17, 15) is 8.42 Å². The van der Waals surface area contributed by atoms with Crippen molar-refractivity contribution in [3.8, 4) is 0 Å². The van der Waals surface area contributed by atoms with Crippen molar-refractivity contribution in [2.75, 3.05) is 47.4 Å². The van der Waals surface area contributed by atoms with E-state index in [-0.39, 0.29) is 24.0 Å². The number of hydrogen-bond donors (Lipinski definition) is 1. The number of likely N-dealkylation sites (tertiary alicyclic amines) is 1. The molecule has 26 heavy (non-hydrogen) atoms. The number of thiophene rings is 1. The van der Waals surface area contributed by atoms with Gasteiger partial charge in [0.1, 0.15) is 4.21 Å². The Morgan fingerprint density at radius 1 is 1.46 bits per heavy atom. The summed E-state index contributed by atoms with van der Waals surface area (Å²) in [5.41, 5.74) is 0. The highest BCUT2D eigenvalue weighted by Gasteiger charge is 2.25. The van der Waals surface area contributed by atoms with Crippen molar-refractivity contribution in [1.82, 2.24) is 14.5 Å². The van der Waals surface area contributed by atoms with Crippen LogP contribution in [0.3, 0.4) is 0 Å². The summed E-state index contributed by atoms with van der Waals surface area (Å²) in [6.07, 6.45) is 1.10. The maximum atomic E-state index is 12.2. The average Bonchev–Trinajstić information content (AvgIpc) is 3.21. The topological polar surface area (TPSA) is 74.2 Å². The van der Waals surface area contributed by atoms with E-state index in [0.717, 1.165) is 43.5 Å². The second kappa shape index (κ2) is 10.8. The molecule has 0 saturated carbocycles. The highest BCUT2D eigenvalue weighted by molar-refractivity contribution is 14.0. The highest BCUT2D eigenvalue weighted by Crippen LogP contribution is 2.24. The van der Waals surface area contributed by atoms with Crippen LogP contribution in [-0.2, 0) is 21.3 Å². The number of guanidine groups is 1. The van der Waals surface area contributed by atoms with Gasteiger partial charge in [0.15, 0.2) is 5.96 Å². The molecule has 0 radical (unpaired) electrons. The van der Waals surface area contributed by atoms with Gasteiger partial charge in [-0.2, -0.15) is 0 Å². The normalized spacial score (nSPS) is 18.3. The van der Waals surface area contributed by atoms with Crippen LogP contribution in [-0.4, -0.2) is 71.0 Å². The second-order valence-corrected chi connectivity index (χ2v) is 9.78. The Morgan fingerprint density at radius 3 is 2.81 bits per heavy atom. The summed E-state index contributed by atoms with van der Waals surface area (Å²) in [5, 5.41) is 3.33. The van der Waals surface area contributed by atoms with Gasteiger partial charge in [-0.05, 0) is 25.5 Å². The molecule has 7 nitrogen and oxygen atoms in total. The van der Waals surface area contributed by atoms with E-state index in [0.29, 0.717) is 16.7 Å². The Hall–Kier alpha value is -0.430. The molecule has 1 aliphatic rings. The summed E-state index contributed by atoms with van der Waals surface area (Å²) < 4.78 is 31.2. The second-order valence-electron chi connectivity index (χ2n) is 6.23. The Morgan fingerprint density at radius 2 is 2.19 bits per heavy atom. The number of nitrogens with one attached hydrogen (secondary N) is 1. The van der Waals surface area contributed by atoms with Gasteiger partial charge in [0, 0.05) is 51.6 Å². The zero-order valence-electron chi connectivity index (χ0n) is 15.8. The van der Waals surface area contributed by atoms with E-state index in [1.165, 1.54) is 15.6 Å². The first-order valence-electron chi connectivity index (χ1n) is 8.42. The van der Waals surface area contributed by atoms with Crippen molar-refractivity contribution in [3.63, 3.8) is 0 Å². The van der Waals surface area contributed by atoms with Crippen LogP contribution in [0.25, 0.3) is 0 Å². The summed E-state index contributed by atoms with van der Waals surface area (Å²) >= 11 is 1.28. The van der Waals surface area contributed by atoms with Crippen molar-refractivity contribution in [3.05, 3.63) is 17.0 Å². The Labute approximate surface area is 177 Å². The molecule has 1 N–H and O–H groups in total. The molecule has 1 aromatic rings.